The molecule has 4 rings (SSSR count). The Morgan fingerprint density at radius 3 is 2.32 bits per heavy atom. The van der Waals surface area contributed by atoms with E-state index in [1.165, 1.54) is 0 Å². The van der Waals surface area contributed by atoms with E-state index in [9.17, 15) is 4.79 Å². The summed E-state index contributed by atoms with van der Waals surface area (Å²) in [6.07, 6.45) is 0. The van der Waals surface area contributed by atoms with E-state index in [1.807, 2.05) is 42.1 Å². The fraction of sp³-hybridized carbons (Fsp3) is 0.483. The van der Waals surface area contributed by atoms with Crippen LogP contribution in [-0.2, 0) is 12.5 Å². The lowest BCUT2D eigenvalue weighted by molar-refractivity contribution is 0.0827. The number of carbonyl (C=O) groups is 1. The number of methoxy groups -OCH3 is 1. The number of carbonyl (C=O) groups excluding carboxylic acids is 1. The van der Waals surface area contributed by atoms with Crippen LogP contribution in [0.2, 0.25) is 0 Å². The van der Waals surface area contributed by atoms with E-state index in [2.05, 4.69) is 67.0 Å². The van der Waals surface area contributed by atoms with Crippen molar-refractivity contribution in [2.45, 2.75) is 45.6 Å². The third-order valence-electron chi connectivity index (χ3n) is 6.98. The summed E-state index contributed by atoms with van der Waals surface area (Å²) in [6.45, 7) is 13.2. The lowest BCUT2D eigenvalue weighted by Crippen LogP contribution is -2.60. The standard InChI is InChI=1S/C29H41N7O2/c1-28(2,3)23-18-25(34(8)32-23)30-24-16-20(27(37)33(6)7)17-26(31-24)35-14-15-36(29(4,5)19-35)21-10-12-22(38-9)13-11-21/h10-13,16-18H,14-15,19H2,1-9H3,(H,30,31). The smallest absolute Gasteiger partial charge is 0.253 e. The normalized spacial score (nSPS) is 15.4. The lowest BCUT2D eigenvalue weighted by atomic mass is 9.92. The van der Waals surface area contributed by atoms with Crippen LogP contribution in [0.15, 0.2) is 42.5 Å². The Morgan fingerprint density at radius 2 is 1.76 bits per heavy atom. The van der Waals surface area contributed by atoms with Crippen molar-refractivity contribution in [3.8, 4) is 5.75 Å². The second-order valence-corrected chi connectivity index (χ2v) is 11.8. The molecule has 3 heterocycles. The Morgan fingerprint density at radius 1 is 1.08 bits per heavy atom. The average molecular weight is 520 g/mol. The molecule has 0 saturated carbocycles. The molecule has 38 heavy (non-hydrogen) atoms. The zero-order valence-electron chi connectivity index (χ0n) is 24.2. The highest BCUT2D eigenvalue weighted by Crippen LogP contribution is 2.32. The van der Waals surface area contributed by atoms with Gasteiger partial charge in [0.1, 0.15) is 23.2 Å². The second-order valence-electron chi connectivity index (χ2n) is 11.8. The highest BCUT2D eigenvalue weighted by Gasteiger charge is 2.35. The van der Waals surface area contributed by atoms with E-state index in [-0.39, 0.29) is 16.9 Å². The van der Waals surface area contributed by atoms with Gasteiger partial charge in [0.05, 0.1) is 18.3 Å². The number of piperazine rings is 1. The fourth-order valence-electron chi connectivity index (χ4n) is 4.80. The van der Waals surface area contributed by atoms with E-state index in [4.69, 9.17) is 9.72 Å². The second kappa shape index (κ2) is 10.2. The summed E-state index contributed by atoms with van der Waals surface area (Å²) in [4.78, 5) is 24.3. The molecule has 9 nitrogen and oxygen atoms in total. The number of rotatable bonds is 6. The summed E-state index contributed by atoms with van der Waals surface area (Å²) in [5.41, 5.74) is 2.51. The van der Waals surface area contributed by atoms with Gasteiger partial charge in [-0.25, -0.2) is 4.98 Å². The van der Waals surface area contributed by atoms with Gasteiger partial charge in [0.25, 0.3) is 5.91 Å². The maximum Gasteiger partial charge on any atom is 0.253 e. The molecule has 0 spiro atoms. The number of benzene rings is 1. The summed E-state index contributed by atoms with van der Waals surface area (Å²) < 4.78 is 7.15. The zero-order valence-corrected chi connectivity index (χ0v) is 24.2. The van der Waals surface area contributed by atoms with E-state index in [0.29, 0.717) is 11.4 Å². The third-order valence-corrected chi connectivity index (χ3v) is 6.98. The van der Waals surface area contributed by atoms with Gasteiger partial charge in [0.2, 0.25) is 0 Å². The van der Waals surface area contributed by atoms with Gasteiger partial charge in [0.15, 0.2) is 0 Å². The Balaban J connectivity index is 1.64. The molecule has 3 aromatic rings. The molecule has 0 aliphatic carbocycles. The van der Waals surface area contributed by atoms with Crippen molar-refractivity contribution in [1.82, 2.24) is 19.7 Å². The van der Waals surface area contributed by atoms with Crippen molar-refractivity contribution in [1.29, 1.82) is 0 Å². The summed E-state index contributed by atoms with van der Waals surface area (Å²) in [6, 6.07) is 14.0. The van der Waals surface area contributed by atoms with Crippen molar-refractivity contribution < 1.29 is 9.53 Å². The molecule has 1 aromatic carbocycles. The first-order valence-corrected chi connectivity index (χ1v) is 13.0. The van der Waals surface area contributed by atoms with Crippen LogP contribution in [-0.4, -0.2) is 71.9 Å². The van der Waals surface area contributed by atoms with Crippen LogP contribution in [0.5, 0.6) is 5.75 Å². The van der Waals surface area contributed by atoms with E-state index < -0.39 is 0 Å². The molecule has 1 saturated heterocycles. The maximum absolute atomic E-state index is 13.0. The number of ether oxygens (including phenoxy) is 1. The van der Waals surface area contributed by atoms with Gasteiger partial charge in [0, 0.05) is 63.5 Å². The van der Waals surface area contributed by atoms with E-state index in [0.717, 1.165) is 48.4 Å². The van der Waals surface area contributed by atoms with E-state index in [1.54, 1.807) is 26.1 Å². The molecule has 1 amide bonds. The number of anilines is 4. The van der Waals surface area contributed by atoms with Gasteiger partial charge in [-0.15, -0.1) is 0 Å². The minimum Gasteiger partial charge on any atom is -0.497 e. The monoisotopic (exact) mass is 519 g/mol. The first kappa shape index (κ1) is 27.3. The van der Waals surface area contributed by atoms with Crippen molar-refractivity contribution >= 4 is 29.0 Å². The Hall–Kier alpha value is -3.75. The van der Waals surface area contributed by atoms with Crippen molar-refractivity contribution in [2.24, 2.45) is 7.05 Å². The fourth-order valence-corrected chi connectivity index (χ4v) is 4.80. The van der Waals surface area contributed by atoms with Gasteiger partial charge >= 0.3 is 0 Å². The summed E-state index contributed by atoms with van der Waals surface area (Å²) >= 11 is 0. The average Bonchev–Trinajstić information content (AvgIpc) is 3.23. The minimum atomic E-state index is -0.159. The van der Waals surface area contributed by atoms with Gasteiger partial charge < -0.3 is 24.8 Å². The SMILES string of the molecule is COc1ccc(N2CCN(c3cc(C(=O)N(C)C)cc(Nc4cc(C(C)(C)C)nn4C)n3)CC2(C)C)cc1. The molecule has 1 aliphatic heterocycles. The number of nitrogens with one attached hydrogen (secondary N) is 1. The molecule has 0 atom stereocenters. The minimum absolute atomic E-state index is 0.0618. The first-order valence-electron chi connectivity index (χ1n) is 13.0. The molecule has 2 aromatic heterocycles. The summed E-state index contributed by atoms with van der Waals surface area (Å²) in [7, 11) is 7.13. The third kappa shape index (κ3) is 5.71. The quantitative estimate of drug-likeness (QED) is 0.507. The molecule has 9 heteroatoms. The van der Waals surface area contributed by atoms with Crippen LogP contribution < -0.4 is 19.9 Å². The Labute approximate surface area is 226 Å². The van der Waals surface area contributed by atoms with Crippen LogP contribution in [0, 0.1) is 0 Å². The molecule has 0 unspecified atom stereocenters. The molecular weight excluding hydrogens is 478 g/mol. The molecule has 1 N–H and O–H groups in total. The van der Waals surface area contributed by atoms with E-state index >= 15 is 0 Å². The Kier molecular flexibility index (Phi) is 7.32. The van der Waals surface area contributed by atoms with Crippen LogP contribution in [0.3, 0.4) is 0 Å². The summed E-state index contributed by atoms with van der Waals surface area (Å²) in [5, 5.41) is 8.08. The molecule has 0 radical (unpaired) electrons. The molecular formula is C29H41N7O2. The zero-order chi connectivity index (χ0) is 27.8. The van der Waals surface area contributed by atoms with Crippen molar-refractivity contribution in [3.05, 3.63) is 53.7 Å². The number of hydrogen-bond donors (Lipinski definition) is 1. The summed E-state index contributed by atoms with van der Waals surface area (Å²) in [5.74, 6) is 3.01. The predicted molar refractivity (Wildman–Crippen MR) is 154 cm³/mol. The highest BCUT2D eigenvalue weighted by atomic mass is 16.5. The van der Waals surface area contributed by atoms with Gasteiger partial charge in [-0.2, -0.15) is 5.10 Å². The molecule has 1 aliphatic rings. The molecule has 204 valence electrons. The first-order chi connectivity index (χ1) is 17.8. The van der Waals surface area contributed by atoms with Gasteiger partial charge in [-0.3, -0.25) is 9.48 Å². The molecule has 1 fully saturated rings. The number of pyridine rings is 1. The largest absolute Gasteiger partial charge is 0.497 e. The van der Waals surface area contributed by atoms with Crippen LogP contribution in [0.1, 0.15) is 50.7 Å². The van der Waals surface area contributed by atoms with Gasteiger partial charge in [-0.1, -0.05) is 20.8 Å². The number of nitrogens with zero attached hydrogens (tertiary/aromatic N) is 6. The van der Waals surface area contributed by atoms with Crippen LogP contribution in [0.25, 0.3) is 0 Å². The number of hydrogen-bond acceptors (Lipinski definition) is 7. The van der Waals surface area contributed by atoms with Crippen molar-refractivity contribution in [3.63, 3.8) is 0 Å². The number of amides is 1. The van der Waals surface area contributed by atoms with Crippen LogP contribution >= 0.6 is 0 Å². The number of aromatic nitrogens is 3. The van der Waals surface area contributed by atoms with Crippen molar-refractivity contribution in [2.75, 3.05) is 56.0 Å². The highest BCUT2D eigenvalue weighted by molar-refractivity contribution is 5.95. The van der Waals surface area contributed by atoms with Gasteiger partial charge in [-0.05, 0) is 50.2 Å². The lowest BCUT2D eigenvalue weighted by Gasteiger charge is -2.49. The maximum atomic E-state index is 13.0. The molecule has 0 bridgehead atoms. The predicted octanol–water partition coefficient (Wildman–Crippen LogP) is 4.67. The topological polar surface area (TPSA) is 78.8 Å². The number of aryl methyl sites for hydroxylation is 1. The van der Waals surface area contributed by atoms with Crippen LogP contribution in [0.4, 0.5) is 23.1 Å². The Bertz CT molecular complexity index is 1290.